The number of methoxy groups -OCH3 is 1. The van der Waals surface area contributed by atoms with Crippen LogP contribution in [0.2, 0.25) is 0 Å². The Morgan fingerprint density at radius 1 is 1.23 bits per heavy atom. The molecule has 3 aromatic rings. The van der Waals surface area contributed by atoms with Crippen molar-refractivity contribution >= 4 is 22.7 Å². The maximum Gasteiger partial charge on any atom is 0.349 e. The molecule has 1 unspecified atom stereocenters. The number of nitrogens with zero attached hydrogens (tertiary/aromatic N) is 6. The van der Waals surface area contributed by atoms with Crippen LogP contribution in [0, 0.1) is 17.2 Å². The molecule has 9 heteroatoms. The minimum absolute atomic E-state index is 0.113. The van der Waals surface area contributed by atoms with Crippen LogP contribution in [0.3, 0.4) is 0 Å². The van der Waals surface area contributed by atoms with Crippen LogP contribution in [0.15, 0.2) is 35.3 Å². The third-order valence-corrected chi connectivity index (χ3v) is 5.93. The lowest BCUT2D eigenvalue weighted by Gasteiger charge is -2.42. The van der Waals surface area contributed by atoms with Crippen molar-refractivity contribution in [1.29, 1.82) is 5.26 Å². The summed E-state index contributed by atoms with van der Waals surface area (Å²) < 4.78 is 6.64. The lowest BCUT2D eigenvalue weighted by atomic mass is 9.89. The molecule has 0 amide bonds. The monoisotopic (exact) mass is 419 g/mol. The van der Waals surface area contributed by atoms with E-state index in [0.717, 1.165) is 18.0 Å². The number of anilines is 2. The molecule has 0 radical (unpaired) electrons. The molecule has 3 atom stereocenters. The van der Waals surface area contributed by atoms with Gasteiger partial charge in [-0.05, 0) is 43.5 Å². The Hall–Kier alpha value is -3.67. The van der Waals surface area contributed by atoms with Crippen molar-refractivity contribution in [2.24, 2.45) is 13.0 Å². The van der Waals surface area contributed by atoms with E-state index in [-0.39, 0.29) is 23.7 Å². The molecular formula is C22H25N7O2. The number of nitrogens with one attached hydrogen (secondary N) is 1. The van der Waals surface area contributed by atoms with Crippen LogP contribution in [0.25, 0.3) is 11.0 Å². The second-order valence-electron chi connectivity index (χ2n) is 8.00. The Morgan fingerprint density at radius 2 is 2.03 bits per heavy atom. The van der Waals surface area contributed by atoms with Gasteiger partial charge in [0.2, 0.25) is 0 Å². The van der Waals surface area contributed by atoms with Crippen molar-refractivity contribution in [2.45, 2.75) is 32.4 Å². The Kier molecular flexibility index (Phi) is 5.46. The highest BCUT2D eigenvalue weighted by atomic mass is 16.5. The summed E-state index contributed by atoms with van der Waals surface area (Å²) in [6, 6.07) is 9.57. The minimum atomic E-state index is -0.337. The molecule has 3 aromatic heterocycles. The zero-order valence-electron chi connectivity index (χ0n) is 18.0. The SMILES string of the molecule is COc1ccc(NC2C[C@H](C)N(c3nc(=O)n(C)c4ccc(C#N)nc34)C[C@H]2C)nc1. The molecule has 0 saturated carbocycles. The largest absolute Gasteiger partial charge is 0.495 e. The molecule has 4 rings (SSSR count). The Bertz CT molecular complexity index is 1200. The number of ether oxygens (including phenoxy) is 1. The molecule has 1 N–H and O–H groups in total. The maximum absolute atomic E-state index is 12.5. The summed E-state index contributed by atoms with van der Waals surface area (Å²) in [5.74, 6) is 2.32. The van der Waals surface area contributed by atoms with Gasteiger partial charge in [-0.2, -0.15) is 10.2 Å². The third kappa shape index (κ3) is 3.89. The van der Waals surface area contributed by atoms with Crippen molar-refractivity contribution in [3.05, 3.63) is 46.6 Å². The second kappa shape index (κ2) is 8.22. The fourth-order valence-corrected chi connectivity index (χ4v) is 4.09. The second-order valence-corrected chi connectivity index (χ2v) is 8.00. The van der Waals surface area contributed by atoms with Gasteiger partial charge in [0.25, 0.3) is 0 Å². The number of piperidine rings is 1. The van der Waals surface area contributed by atoms with Gasteiger partial charge >= 0.3 is 5.69 Å². The molecular weight excluding hydrogens is 394 g/mol. The fraction of sp³-hybridized carbons (Fsp3) is 0.409. The van der Waals surface area contributed by atoms with Crippen molar-refractivity contribution in [3.63, 3.8) is 0 Å². The molecule has 1 saturated heterocycles. The standard InChI is InChI=1S/C22H25N7O2/c1-13-12-29(14(2)9-17(13)26-19-8-6-16(31-4)11-24-19)21-20-18(28(3)22(30)27-21)7-5-15(10-23)25-20/h5-8,11,13-14,17H,9,12H2,1-4H3,(H,24,26)/t13-,14+,17?/m1/s1. The summed E-state index contributed by atoms with van der Waals surface area (Å²) in [5.41, 5.74) is 1.20. The smallest absolute Gasteiger partial charge is 0.349 e. The Balaban J connectivity index is 1.63. The summed E-state index contributed by atoms with van der Waals surface area (Å²) in [6.45, 7) is 4.97. The van der Waals surface area contributed by atoms with Gasteiger partial charge in [-0.15, -0.1) is 0 Å². The first-order valence-electron chi connectivity index (χ1n) is 10.2. The molecule has 4 heterocycles. The van der Waals surface area contributed by atoms with E-state index < -0.39 is 0 Å². The average molecular weight is 419 g/mol. The van der Waals surface area contributed by atoms with E-state index in [1.807, 2.05) is 12.1 Å². The van der Waals surface area contributed by atoms with Crippen LogP contribution in [0.4, 0.5) is 11.6 Å². The van der Waals surface area contributed by atoms with Gasteiger partial charge in [-0.1, -0.05) is 6.92 Å². The number of hydrogen-bond donors (Lipinski definition) is 1. The molecule has 9 nitrogen and oxygen atoms in total. The van der Waals surface area contributed by atoms with Gasteiger partial charge in [0.1, 0.15) is 28.8 Å². The van der Waals surface area contributed by atoms with E-state index in [4.69, 9.17) is 4.74 Å². The molecule has 160 valence electrons. The number of nitriles is 1. The van der Waals surface area contributed by atoms with Crippen LogP contribution in [-0.2, 0) is 7.05 Å². The van der Waals surface area contributed by atoms with Gasteiger partial charge in [0.05, 0.1) is 18.8 Å². The number of aryl methyl sites for hydroxylation is 1. The molecule has 0 spiro atoms. The van der Waals surface area contributed by atoms with Crippen LogP contribution in [0.5, 0.6) is 5.75 Å². The summed E-state index contributed by atoms with van der Waals surface area (Å²) >= 11 is 0. The Labute approximate surface area is 180 Å². The predicted molar refractivity (Wildman–Crippen MR) is 118 cm³/mol. The topological polar surface area (TPSA) is 109 Å². The molecule has 31 heavy (non-hydrogen) atoms. The Morgan fingerprint density at radius 3 is 2.71 bits per heavy atom. The number of fused-ring (bicyclic) bond motifs is 1. The summed E-state index contributed by atoms with van der Waals surface area (Å²) in [6.07, 6.45) is 2.53. The summed E-state index contributed by atoms with van der Waals surface area (Å²) in [5, 5.41) is 12.8. The van der Waals surface area contributed by atoms with Crippen molar-refractivity contribution in [3.8, 4) is 11.8 Å². The average Bonchev–Trinajstić information content (AvgIpc) is 2.78. The highest BCUT2D eigenvalue weighted by molar-refractivity contribution is 5.86. The normalized spacial score (nSPS) is 21.0. The van der Waals surface area contributed by atoms with E-state index in [0.29, 0.717) is 29.1 Å². The fourth-order valence-electron chi connectivity index (χ4n) is 4.09. The first-order valence-corrected chi connectivity index (χ1v) is 10.2. The summed E-state index contributed by atoms with van der Waals surface area (Å²) in [7, 11) is 3.28. The van der Waals surface area contributed by atoms with Crippen molar-refractivity contribution in [1.82, 2.24) is 19.5 Å². The molecule has 1 aliphatic rings. The van der Waals surface area contributed by atoms with Gasteiger partial charge < -0.3 is 15.0 Å². The molecule has 1 fully saturated rings. The zero-order chi connectivity index (χ0) is 22.1. The highest BCUT2D eigenvalue weighted by Crippen LogP contribution is 2.31. The number of pyridine rings is 2. The maximum atomic E-state index is 12.5. The predicted octanol–water partition coefficient (Wildman–Crippen LogP) is 2.32. The lowest BCUT2D eigenvalue weighted by Crippen LogP contribution is -2.51. The van der Waals surface area contributed by atoms with E-state index in [9.17, 15) is 10.1 Å². The van der Waals surface area contributed by atoms with Crippen LogP contribution in [0.1, 0.15) is 26.0 Å². The lowest BCUT2D eigenvalue weighted by molar-refractivity contribution is 0.353. The number of aromatic nitrogens is 4. The van der Waals surface area contributed by atoms with Crippen molar-refractivity contribution in [2.75, 3.05) is 23.9 Å². The molecule has 0 bridgehead atoms. The third-order valence-electron chi connectivity index (χ3n) is 5.93. The molecule has 0 aliphatic carbocycles. The minimum Gasteiger partial charge on any atom is -0.495 e. The van der Waals surface area contributed by atoms with E-state index in [1.165, 1.54) is 4.57 Å². The van der Waals surface area contributed by atoms with E-state index >= 15 is 0 Å². The van der Waals surface area contributed by atoms with Gasteiger partial charge in [-0.25, -0.2) is 14.8 Å². The van der Waals surface area contributed by atoms with Gasteiger partial charge in [0, 0.05) is 25.7 Å². The quantitative estimate of drug-likeness (QED) is 0.686. The number of rotatable bonds is 4. The highest BCUT2D eigenvalue weighted by Gasteiger charge is 2.33. The van der Waals surface area contributed by atoms with Crippen LogP contribution < -0.4 is 20.6 Å². The van der Waals surface area contributed by atoms with Gasteiger partial charge in [-0.3, -0.25) is 4.57 Å². The first-order chi connectivity index (χ1) is 14.9. The van der Waals surface area contributed by atoms with Crippen LogP contribution >= 0.6 is 0 Å². The van der Waals surface area contributed by atoms with E-state index in [2.05, 4.69) is 45.1 Å². The van der Waals surface area contributed by atoms with Gasteiger partial charge in [0.15, 0.2) is 5.82 Å². The molecule has 0 aromatic carbocycles. The first kappa shape index (κ1) is 20.6. The van der Waals surface area contributed by atoms with Crippen molar-refractivity contribution < 1.29 is 4.74 Å². The van der Waals surface area contributed by atoms with E-state index in [1.54, 1.807) is 32.5 Å². The van der Waals surface area contributed by atoms with Crippen LogP contribution in [-0.4, -0.2) is 45.3 Å². The summed E-state index contributed by atoms with van der Waals surface area (Å²) in [4.78, 5) is 27.8. The number of hydrogen-bond acceptors (Lipinski definition) is 8. The zero-order valence-corrected chi connectivity index (χ0v) is 18.0. The molecule has 1 aliphatic heterocycles.